The SMILES string of the molecule is Cc1c(Cl)nc(C(C)C)nc1N1CCCC1C. The lowest BCUT2D eigenvalue weighted by molar-refractivity contribution is 0.707. The van der Waals surface area contributed by atoms with Gasteiger partial charge in [-0.05, 0) is 26.7 Å². The zero-order valence-corrected chi connectivity index (χ0v) is 11.8. The van der Waals surface area contributed by atoms with Crippen molar-refractivity contribution in [1.29, 1.82) is 0 Å². The Labute approximate surface area is 108 Å². The lowest BCUT2D eigenvalue weighted by atomic mass is 10.2. The highest BCUT2D eigenvalue weighted by atomic mass is 35.5. The topological polar surface area (TPSA) is 29.0 Å². The molecule has 1 atom stereocenters. The number of rotatable bonds is 2. The largest absolute Gasteiger partial charge is 0.354 e. The van der Waals surface area contributed by atoms with Gasteiger partial charge in [-0.25, -0.2) is 9.97 Å². The highest BCUT2D eigenvalue weighted by Crippen LogP contribution is 2.30. The van der Waals surface area contributed by atoms with Crippen molar-refractivity contribution in [2.24, 2.45) is 0 Å². The Bertz CT molecular complexity index is 417. The monoisotopic (exact) mass is 253 g/mol. The molecule has 1 aromatic rings. The highest BCUT2D eigenvalue weighted by molar-refractivity contribution is 6.30. The molecule has 0 amide bonds. The summed E-state index contributed by atoms with van der Waals surface area (Å²) >= 11 is 6.21. The first kappa shape index (κ1) is 12.6. The molecule has 0 radical (unpaired) electrons. The summed E-state index contributed by atoms with van der Waals surface area (Å²) in [7, 11) is 0. The third-order valence-electron chi connectivity index (χ3n) is 3.42. The van der Waals surface area contributed by atoms with E-state index in [1.165, 1.54) is 12.8 Å². The maximum Gasteiger partial charge on any atom is 0.137 e. The Kier molecular flexibility index (Phi) is 3.57. The maximum atomic E-state index is 6.21. The van der Waals surface area contributed by atoms with E-state index in [9.17, 15) is 0 Å². The van der Waals surface area contributed by atoms with E-state index in [2.05, 4.69) is 30.7 Å². The van der Waals surface area contributed by atoms with Crippen LogP contribution in [0.1, 0.15) is 50.9 Å². The molecule has 0 N–H and O–H groups in total. The zero-order chi connectivity index (χ0) is 12.6. The number of anilines is 1. The molecule has 17 heavy (non-hydrogen) atoms. The van der Waals surface area contributed by atoms with Gasteiger partial charge in [0.25, 0.3) is 0 Å². The van der Waals surface area contributed by atoms with Gasteiger partial charge >= 0.3 is 0 Å². The molecule has 0 spiro atoms. The molecule has 2 rings (SSSR count). The van der Waals surface area contributed by atoms with Crippen LogP contribution in [0, 0.1) is 6.92 Å². The van der Waals surface area contributed by atoms with Gasteiger partial charge in [-0.3, -0.25) is 0 Å². The van der Waals surface area contributed by atoms with Crippen molar-refractivity contribution >= 4 is 17.4 Å². The molecule has 0 saturated carbocycles. The second kappa shape index (κ2) is 4.81. The first-order valence-corrected chi connectivity index (χ1v) is 6.69. The average molecular weight is 254 g/mol. The Morgan fingerprint density at radius 1 is 1.35 bits per heavy atom. The standard InChI is InChI=1S/C13H20ClN3/c1-8(2)12-15-11(14)10(4)13(16-12)17-7-5-6-9(17)3/h8-9H,5-7H2,1-4H3. The molecule has 2 heterocycles. The third-order valence-corrected chi connectivity index (χ3v) is 3.79. The average Bonchev–Trinajstić information content (AvgIpc) is 2.68. The first-order chi connectivity index (χ1) is 8.00. The fraction of sp³-hybridized carbons (Fsp3) is 0.692. The highest BCUT2D eigenvalue weighted by Gasteiger charge is 2.25. The molecule has 94 valence electrons. The van der Waals surface area contributed by atoms with Crippen molar-refractivity contribution in [1.82, 2.24) is 9.97 Å². The van der Waals surface area contributed by atoms with E-state index in [-0.39, 0.29) is 0 Å². The molecular formula is C13H20ClN3. The zero-order valence-electron chi connectivity index (χ0n) is 11.0. The summed E-state index contributed by atoms with van der Waals surface area (Å²) < 4.78 is 0. The number of hydrogen-bond acceptors (Lipinski definition) is 3. The Morgan fingerprint density at radius 3 is 2.59 bits per heavy atom. The van der Waals surface area contributed by atoms with Crippen LogP contribution in [0.4, 0.5) is 5.82 Å². The predicted octanol–water partition coefficient (Wildman–Crippen LogP) is 3.55. The van der Waals surface area contributed by atoms with Crippen molar-refractivity contribution in [3.05, 3.63) is 16.5 Å². The molecule has 0 aliphatic carbocycles. The maximum absolute atomic E-state index is 6.21. The fourth-order valence-corrected chi connectivity index (χ4v) is 2.45. The number of nitrogens with zero attached hydrogens (tertiary/aromatic N) is 3. The minimum Gasteiger partial charge on any atom is -0.354 e. The molecule has 1 aliphatic heterocycles. The third kappa shape index (κ3) is 2.39. The van der Waals surface area contributed by atoms with Crippen molar-refractivity contribution in [3.8, 4) is 0 Å². The number of halogens is 1. The Morgan fingerprint density at radius 2 is 2.06 bits per heavy atom. The van der Waals surface area contributed by atoms with Gasteiger partial charge in [0.15, 0.2) is 0 Å². The second-order valence-corrected chi connectivity index (χ2v) is 5.52. The van der Waals surface area contributed by atoms with Crippen LogP contribution in [0.15, 0.2) is 0 Å². The van der Waals surface area contributed by atoms with Crippen LogP contribution in [0.2, 0.25) is 5.15 Å². The van der Waals surface area contributed by atoms with E-state index in [0.717, 1.165) is 23.8 Å². The molecule has 0 aromatic carbocycles. The van der Waals surface area contributed by atoms with Gasteiger partial charge < -0.3 is 4.90 Å². The van der Waals surface area contributed by atoms with Crippen LogP contribution < -0.4 is 4.90 Å². The first-order valence-electron chi connectivity index (χ1n) is 6.31. The molecular weight excluding hydrogens is 234 g/mol. The summed E-state index contributed by atoms with van der Waals surface area (Å²) in [5, 5.41) is 0.595. The summed E-state index contributed by atoms with van der Waals surface area (Å²) in [5.41, 5.74) is 1.00. The van der Waals surface area contributed by atoms with Crippen molar-refractivity contribution < 1.29 is 0 Å². The summed E-state index contributed by atoms with van der Waals surface area (Å²) in [5.74, 6) is 2.18. The minimum atomic E-state index is 0.310. The van der Waals surface area contributed by atoms with Crippen LogP contribution in [-0.2, 0) is 0 Å². The van der Waals surface area contributed by atoms with E-state index in [1.54, 1.807) is 0 Å². The minimum absolute atomic E-state index is 0.310. The molecule has 1 unspecified atom stereocenters. The van der Waals surface area contributed by atoms with Gasteiger partial charge in [-0.15, -0.1) is 0 Å². The van der Waals surface area contributed by atoms with Crippen LogP contribution in [-0.4, -0.2) is 22.6 Å². The lowest BCUT2D eigenvalue weighted by Gasteiger charge is -2.25. The van der Waals surface area contributed by atoms with Crippen molar-refractivity contribution in [2.45, 2.75) is 52.5 Å². The quantitative estimate of drug-likeness (QED) is 0.755. The molecule has 4 heteroatoms. The lowest BCUT2D eigenvalue weighted by Crippen LogP contribution is -2.28. The molecule has 0 bridgehead atoms. The van der Waals surface area contributed by atoms with Crippen LogP contribution in [0.3, 0.4) is 0 Å². The normalized spacial score (nSPS) is 20.4. The van der Waals surface area contributed by atoms with Crippen LogP contribution >= 0.6 is 11.6 Å². The van der Waals surface area contributed by atoms with Gasteiger partial charge in [0.1, 0.15) is 16.8 Å². The molecule has 1 fully saturated rings. The van der Waals surface area contributed by atoms with Gasteiger partial charge in [0.05, 0.1) is 0 Å². The van der Waals surface area contributed by atoms with E-state index in [4.69, 9.17) is 16.6 Å². The second-order valence-electron chi connectivity index (χ2n) is 5.16. The van der Waals surface area contributed by atoms with Crippen LogP contribution in [0.5, 0.6) is 0 Å². The Hall–Kier alpha value is -0.830. The summed E-state index contributed by atoms with van der Waals surface area (Å²) in [6.07, 6.45) is 2.47. The predicted molar refractivity (Wildman–Crippen MR) is 71.9 cm³/mol. The van der Waals surface area contributed by atoms with Gasteiger partial charge in [-0.2, -0.15) is 0 Å². The molecule has 1 aromatic heterocycles. The Balaban J connectivity index is 2.44. The molecule has 1 aliphatic rings. The van der Waals surface area contributed by atoms with E-state index < -0.39 is 0 Å². The fourth-order valence-electron chi connectivity index (χ4n) is 2.28. The van der Waals surface area contributed by atoms with Crippen molar-refractivity contribution in [3.63, 3.8) is 0 Å². The number of aromatic nitrogens is 2. The van der Waals surface area contributed by atoms with E-state index in [0.29, 0.717) is 17.1 Å². The van der Waals surface area contributed by atoms with Gasteiger partial charge in [-0.1, -0.05) is 25.4 Å². The summed E-state index contributed by atoms with van der Waals surface area (Å²) in [4.78, 5) is 11.4. The smallest absolute Gasteiger partial charge is 0.137 e. The van der Waals surface area contributed by atoms with Crippen LogP contribution in [0.25, 0.3) is 0 Å². The molecule has 1 saturated heterocycles. The summed E-state index contributed by atoms with van der Waals surface area (Å²) in [6, 6.07) is 0.555. The van der Waals surface area contributed by atoms with E-state index in [1.807, 2.05) is 6.92 Å². The summed E-state index contributed by atoms with van der Waals surface area (Å²) in [6.45, 7) is 9.52. The van der Waals surface area contributed by atoms with Crippen molar-refractivity contribution in [2.75, 3.05) is 11.4 Å². The van der Waals surface area contributed by atoms with Gasteiger partial charge in [0.2, 0.25) is 0 Å². The molecule has 3 nitrogen and oxygen atoms in total. The number of hydrogen-bond donors (Lipinski definition) is 0. The van der Waals surface area contributed by atoms with Gasteiger partial charge in [0, 0.05) is 24.1 Å². The van der Waals surface area contributed by atoms with E-state index >= 15 is 0 Å².